The van der Waals surface area contributed by atoms with E-state index in [-0.39, 0.29) is 17.9 Å². The minimum Gasteiger partial charge on any atom is -0.392 e. The molecule has 6 nitrogen and oxygen atoms in total. The number of rotatable bonds is 3. The second-order valence-electron chi connectivity index (χ2n) is 3.99. The number of aromatic amines is 1. The monoisotopic (exact) mass is 247 g/mol. The van der Waals surface area contributed by atoms with Crippen molar-refractivity contribution in [3.63, 3.8) is 0 Å². The molecule has 0 aliphatic rings. The Morgan fingerprint density at radius 1 is 1.50 bits per heavy atom. The van der Waals surface area contributed by atoms with Gasteiger partial charge < -0.3 is 15.4 Å². The molecule has 94 valence electrons. The second kappa shape index (κ2) is 4.97. The average Bonchev–Trinajstić information content (AvgIpc) is 2.36. The first-order chi connectivity index (χ1) is 8.58. The van der Waals surface area contributed by atoms with Gasteiger partial charge in [0.15, 0.2) is 5.82 Å². The predicted molar refractivity (Wildman–Crippen MR) is 66.4 cm³/mol. The van der Waals surface area contributed by atoms with Crippen LogP contribution >= 0.6 is 0 Å². The number of aliphatic hydroxyl groups is 1. The molecule has 1 unspecified atom stereocenters. The highest BCUT2D eigenvalue weighted by molar-refractivity contribution is 5.92. The van der Waals surface area contributed by atoms with Gasteiger partial charge in [-0.1, -0.05) is 12.1 Å². The van der Waals surface area contributed by atoms with Gasteiger partial charge in [-0.3, -0.25) is 9.59 Å². The summed E-state index contributed by atoms with van der Waals surface area (Å²) in [6.07, 6.45) is -0.652. The lowest BCUT2D eigenvalue weighted by Gasteiger charge is -2.06. The molecule has 18 heavy (non-hydrogen) atoms. The molecule has 0 aliphatic heterocycles. The smallest absolute Gasteiger partial charge is 0.287 e. The van der Waals surface area contributed by atoms with Gasteiger partial charge >= 0.3 is 0 Å². The van der Waals surface area contributed by atoms with E-state index >= 15 is 0 Å². The molecule has 1 aromatic carbocycles. The van der Waals surface area contributed by atoms with Crippen molar-refractivity contribution in [3.05, 3.63) is 40.4 Å². The summed E-state index contributed by atoms with van der Waals surface area (Å²) in [5.41, 5.74) is 0.103. The predicted octanol–water partition coefficient (Wildman–Crippen LogP) is 0.0337. The Bertz CT molecular complexity index is 634. The second-order valence-corrected chi connectivity index (χ2v) is 3.99. The van der Waals surface area contributed by atoms with Crippen molar-refractivity contribution in [2.24, 2.45) is 0 Å². The Balaban J connectivity index is 2.35. The highest BCUT2D eigenvalue weighted by Crippen LogP contribution is 2.05. The Morgan fingerprint density at radius 3 is 2.94 bits per heavy atom. The van der Waals surface area contributed by atoms with Gasteiger partial charge in [-0.2, -0.15) is 0 Å². The summed E-state index contributed by atoms with van der Waals surface area (Å²) in [6, 6.07) is 6.77. The summed E-state index contributed by atoms with van der Waals surface area (Å²) < 4.78 is 0. The zero-order valence-corrected chi connectivity index (χ0v) is 9.80. The number of H-pyrrole nitrogens is 1. The number of benzene rings is 1. The Kier molecular flexibility index (Phi) is 3.38. The van der Waals surface area contributed by atoms with Crippen molar-refractivity contribution < 1.29 is 9.90 Å². The van der Waals surface area contributed by atoms with Crippen LogP contribution in [0.25, 0.3) is 10.9 Å². The van der Waals surface area contributed by atoms with E-state index in [4.69, 9.17) is 5.11 Å². The third-order valence-corrected chi connectivity index (χ3v) is 2.39. The van der Waals surface area contributed by atoms with Gasteiger partial charge in [-0.25, -0.2) is 4.98 Å². The quantitative estimate of drug-likeness (QED) is 0.713. The normalized spacial score (nSPS) is 12.3. The lowest BCUT2D eigenvalue weighted by Crippen LogP contribution is -2.33. The molecule has 1 aromatic heterocycles. The topological polar surface area (TPSA) is 95.1 Å². The number of carbonyl (C=O) groups excluding carboxylic acids is 1. The molecule has 6 heteroatoms. The van der Waals surface area contributed by atoms with E-state index in [0.29, 0.717) is 10.9 Å². The molecule has 0 fully saturated rings. The number of nitrogens with one attached hydrogen (secondary N) is 2. The van der Waals surface area contributed by atoms with Gasteiger partial charge in [0.05, 0.1) is 17.0 Å². The van der Waals surface area contributed by atoms with Crippen LogP contribution in [-0.2, 0) is 0 Å². The number of amides is 1. The molecule has 0 spiro atoms. The standard InChI is InChI=1S/C12H13N3O3/c1-7(16)6-13-12(18)10-14-9-5-3-2-4-8(9)11(17)15-10/h2-5,7,16H,6H2,1H3,(H,13,18)(H,14,15,17). The van der Waals surface area contributed by atoms with E-state index in [0.717, 1.165) is 0 Å². The fourth-order valence-electron chi connectivity index (χ4n) is 1.52. The Morgan fingerprint density at radius 2 is 2.22 bits per heavy atom. The average molecular weight is 247 g/mol. The van der Waals surface area contributed by atoms with Crippen LogP contribution in [0, 0.1) is 0 Å². The largest absolute Gasteiger partial charge is 0.392 e. The molecule has 0 saturated heterocycles. The summed E-state index contributed by atoms with van der Waals surface area (Å²) in [5.74, 6) is -0.571. The number of fused-ring (bicyclic) bond motifs is 1. The number of aliphatic hydroxyl groups excluding tert-OH is 1. The fourth-order valence-corrected chi connectivity index (χ4v) is 1.52. The molecule has 0 radical (unpaired) electrons. The van der Waals surface area contributed by atoms with E-state index in [1.54, 1.807) is 31.2 Å². The summed E-state index contributed by atoms with van der Waals surface area (Å²) >= 11 is 0. The minimum atomic E-state index is -0.652. The molecular weight excluding hydrogens is 234 g/mol. The van der Waals surface area contributed by atoms with E-state index in [2.05, 4.69) is 15.3 Å². The number of hydrogen-bond donors (Lipinski definition) is 3. The van der Waals surface area contributed by atoms with Crippen molar-refractivity contribution in [1.29, 1.82) is 0 Å². The molecule has 0 aliphatic carbocycles. The Hall–Kier alpha value is -2.21. The summed E-state index contributed by atoms with van der Waals surface area (Å²) in [6.45, 7) is 1.66. The van der Waals surface area contributed by atoms with Crippen LogP contribution in [-0.4, -0.2) is 33.6 Å². The van der Waals surface area contributed by atoms with Crippen LogP contribution in [0.2, 0.25) is 0 Å². The van der Waals surface area contributed by atoms with Gasteiger partial charge in [0, 0.05) is 6.54 Å². The van der Waals surface area contributed by atoms with Crippen molar-refractivity contribution in [2.45, 2.75) is 13.0 Å². The summed E-state index contributed by atoms with van der Waals surface area (Å²) in [4.78, 5) is 29.9. The zero-order chi connectivity index (χ0) is 13.1. The van der Waals surface area contributed by atoms with Crippen LogP contribution in [0.15, 0.2) is 29.1 Å². The SMILES string of the molecule is CC(O)CNC(=O)c1nc2ccccc2c(=O)[nH]1. The maximum absolute atomic E-state index is 11.7. The maximum Gasteiger partial charge on any atom is 0.287 e. The van der Waals surface area contributed by atoms with E-state index in [1.165, 1.54) is 0 Å². The van der Waals surface area contributed by atoms with E-state index in [9.17, 15) is 9.59 Å². The molecule has 1 atom stereocenters. The van der Waals surface area contributed by atoms with Crippen LogP contribution in [0.3, 0.4) is 0 Å². The first kappa shape index (κ1) is 12.3. The lowest BCUT2D eigenvalue weighted by atomic mass is 10.2. The molecule has 2 rings (SSSR count). The van der Waals surface area contributed by atoms with Crippen LogP contribution < -0.4 is 10.9 Å². The Labute approximate surface area is 103 Å². The summed E-state index contributed by atoms with van der Waals surface area (Å²) in [5, 5.41) is 12.0. The molecule has 2 aromatic rings. The molecule has 3 N–H and O–H groups in total. The molecule has 0 saturated carbocycles. The summed E-state index contributed by atoms with van der Waals surface area (Å²) in [7, 11) is 0. The fraction of sp³-hybridized carbons (Fsp3) is 0.250. The molecular formula is C12H13N3O3. The van der Waals surface area contributed by atoms with Crippen molar-refractivity contribution in [1.82, 2.24) is 15.3 Å². The van der Waals surface area contributed by atoms with Crippen LogP contribution in [0.5, 0.6) is 0 Å². The van der Waals surface area contributed by atoms with Gasteiger partial charge in [0.25, 0.3) is 11.5 Å². The van der Waals surface area contributed by atoms with Gasteiger partial charge in [0.2, 0.25) is 0 Å². The number of hydrogen-bond acceptors (Lipinski definition) is 4. The van der Waals surface area contributed by atoms with Gasteiger partial charge in [-0.15, -0.1) is 0 Å². The third kappa shape index (κ3) is 2.54. The maximum atomic E-state index is 11.7. The number of nitrogens with zero attached hydrogens (tertiary/aromatic N) is 1. The highest BCUT2D eigenvalue weighted by Gasteiger charge is 2.11. The molecule has 1 amide bonds. The number of aromatic nitrogens is 2. The number of para-hydroxylation sites is 1. The van der Waals surface area contributed by atoms with Crippen LogP contribution in [0.1, 0.15) is 17.5 Å². The first-order valence-electron chi connectivity index (χ1n) is 5.53. The third-order valence-electron chi connectivity index (χ3n) is 2.39. The molecule has 0 bridgehead atoms. The van der Waals surface area contributed by atoms with Crippen molar-refractivity contribution >= 4 is 16.8 Å². The first-order valence-corrected chi connectivity index (χ1v) is 5.53. The zero-order valence-electron chi connectivity index (χ0n) is 9.80. The van der Waals surface area contributed by atoms with Crippen LogP contribution in [0.4, 0.5) is 0 Å². The molecule has 1 heterocycles. The highest BCUT2D eigenvalue weighted by atomic mass is 16.3. The minimum absolute atomic E-state index is 0.0562. The van der Waals surface area contributed by atoms with E-state index in [1.807, 2.05) is 0 Å². The van der Waals surface area contributed by atoms with E-state index < -0.39 is 12.0 Å². The number of carbonyl (C=O) groups is 1. The van der Waals surface area contributed by atoms with Gasteiger partial charge in [-0.05, 0) is 19.1 Å². The van der Waals surface area contributed by atoms with Crippen molar-refractivity contribution in [3.8, 4) is 0 Å². The lowest BCUT2D eigenvalue weighted by molar-refractivity contribution is 0.0914. The van der Waals surface area contributed by atoms with Gasteiger partial charge in [0.1, 0.15) is 0 Å². The van der Waals surface area contributed by atoms with Crippen molar-refractivity contribution in [2.75, 3.05) is 6.54 Å².